The number of carboxylic acids is 1. The molecule has 2 rings (SSSR count). The van der Waals surface area contributed by atoms with Crippen molar-refractivity contribution in [3.63, 3.8) is 0 Å². The van der Waals surface area contributed by atoms with Crippen molar-refractivity contribution in [2.45, 2.75) is 33.0 Å². The first-order valence-electron chi connectivity index (χ1n) is 8.84. The van der Waals surface area contributed by atoms with Crippen LogP contribution in [-0.2, 0) is 27.4 Å². The monoisotopic (exact) mass is 371 g/mol. The lowest BCUT2D eigenvalue weighted by Crippen LogP contribution is -2.26. The molecule has 144 valence electrons. The summed E-state index contributed by atoms with van der Waals surface area (Å²) in [5.41, 5.74) is 2.59. The van der Waals surface area contributed by atoms with Gasteiger partial charge in [-0.25, -0.2) is 4.79 Å². The number of oxime groups is 1. The third-order valence-electron chi connectivity index (χ3n) is 3.70. The summed E-state index contributed by atoms with van der Waals surface area (Å²) < 4.78 is 11.0. The van der Waals surface area contributed by atoms with Crippen molar-refractivity contribution in [1.82, 2.24) is 0 Å². The third-order valence-corrected chi connectivity index (χ3v) is 3.70. The van der Waals surface area contributed by atoms with Crippen LogP contribution in [0, 0.1) is 0 Å². The van der Waals surface area contributed by atoms with Crippen LogP contribution in [-0.4, -0.2) is 36.1 Å². The van der Waals surface area contributed by atoms with Crippen molar-refractivity contribution < 1.29 is 24.2 Å². The molecule has 2 aromatic rings. The number of rotatable bonds is 11. The molecule has 0 aliphatic heterocycles. The number of hydrogen-bond donors (Lipinski definition) is 1. The Kier molecular flexibility index (Phi) is 8.32. The molecule has 0 saturated carbocycles. The molecule has 6 nitrogen and oxygen atoms in total. The van der Waals surface area contributed by atoms with E-state index in [4.69, 9.17) is 14.3 Å². The van der Waals surface area contributed by atoms with Gasteiger partial charge in [-0.15, -0.1) is 0 Å². The molecule has 0 aliphatic rings. The summed E-state index contributed by atoms with van der Waals surface area (Å²) in [6, 6.07) is 17.1. The summed E-state index contributed by atoms with van der Waals surface area (Å²) in [5.74, 6) is -0.326. The molecule has 0 aromatic heterocycles. The highest BCUT2D eigenvalue weighted by Crippen LogP contribution is 2.16. The minimum Gasteiger partial charge on any atom is -0.488 e. The molecule has 0 spiro atoms. The normalized spacial score (nSPS) is 12.4. The molecular weight excluding hydrogens is 346 g/mol. The third kappa shape index (κ3) is 7.50. The van der Waals surface area contributed by atoms with E-state index in [1.807, 2.05) is 61.5 Å². The lowest BCUT2D eigenvalue weighted by atomic mass is 10.1. The molecule has 1 atom stereocenters. The second-order valence-electron chi connectivity index (χ2n) is 6.01. The second-order valence-corrected chi connectivity index (χ2v) is 6.01. The number of carbonyl (C=O) groups is 1. The van der Waals surface area contributed by atoms with Gasteiger partial charge in [-0.05, 0) is 37.1 Å². The van der Waals surface area contributed by atoms with E-state index >= 15 is 0 Å². The van der Waals surface area contributed by atoms with Crippen LogP contribution in [0.5, 0.6) is 5.75 Å². The smallest absolute Gasteiger partial charge is 0.333 e. The van der Waals surface area contributed by atoms with E-state index in [0.29, 0.717) is 24.7 Å². The summed E-state index contributed by atoms with van der Waals surface area (Å²) in [6.07, 6.45) is -0.576. The van der Waals surface area contributed by atoms with Gasteiger partial charge in [-0.1, -0.05) is 47.6 Å². The first-order valence-corrected chi connectivity index (χ1v) is 8.84. The molecule has 0 fully saturated rings. The van der Waals surface area contributed by atoms with Crippen molar-refractivity contribution in [3.05, 3.63) is 65.7 Å². The number of hydrogen-bond acceptors (Lipinski definition) is 5. The summed E-state index contributed by atoms with van der Waals surface area (Å²) in [4.78, 5) is 16.5. The Bertz CT molecular complexity index is 745. The Balaban J connectivity index is 1.84. The zero-order chi connectivity index (χ0) is 19.5. The standard InChI is InChI=1S/C21H25NO5/c1-3-25-20(21(23)24)13-18-10-7-11-19(12-18)26-14-16(2)22-27-15-17-8-5-4-6-9-17/h4-12,20H,3,13-15H2,1-2H3,(H,23,24). The van der Waals surface area contributed by atoms with Crippen LogP contribution in [0.25, 0.3) is 0 Å². The van der Waals surface area contributed by atoms with Crippen molar-refractivity contribution in [1.29, 1.82) is 0 Å². The molecule has 27 heavy (non-hydrogen) atoms. The Morgan fingerprint density at radius 2 is 1.85 bits per heavy atom. The molecule has 0 aliphatic carbocycles. The summed E-state index contributed by atoms with van der Waals surface area (Å²) in [7, 11) is 0. The molecule has 6 heteroatoms. The quantitative estimate of drug-likeness (QED) is 0.481. The van der Waals surface area contributed by atoms with Crippen LogP contribution in [0.1, 0.15) is 25.0 Å². The Morgan fingerprint density at radius 1 is 1.11 bits per heavy atom. The first-order chi connectivity index (χ1) is 13.1. The van der Waals surface area contributed by atoms with Crippen molar-refractivity contribution in [2.24, 2.45) is 5.16 Å². The van der Waals surface area contributed by atoms with Crippen molar-refractivity contribution in [2.75, 3.05) is 13.2 Å². The average molecular weight is 371 g/mol. The number of nitrogens with zero attached hydrogens (tertiary/aromatic N) is 1. The molecule has 2 aromatic carbocycles. The van der Waals surface area contributed by atoms with E-state index in [1.54, 1.807) is 6.92 Å². The van der Waals surface area contributed by atoms with Crippen LogP contribution >= 0.6 is 0 Å². The van der Waals surface area contributed by atoms with Gasteiger partial charge in [0, 0.05) is 13.0 Å². The summed E-state index contributed by atoms with van der Waals surface area (Å²) >= 11 is 0. The highest BCUT2D eigenvalue weighted by Gasteiger charge is 2.18. The van der Waals surface area contributed by atoms with Gasteiger partial charge in [-0.2, -0.15) is 0 Å². The average Bonchev–Trinajstić information content (AvgIpc) is 2.67. The molecule has 0 radical (unpaired) electrons. The molecule has 0 bridgehead atoms. The maximum atomic E-state index is 11.2. The zero-order valence-electron chi connectivity index (χ0n) is 15.6. The number of ether oxygens (including phenoxy) is 2. The molecule has 0 heterocycles. The Labute approximate surface area is 159 Å². The highest BCUT2D eigenvalue weighted by atomic mass is 16.6. The van der Waals surface area contributed by atoms with E-state index in [2.05, 4.69) is 5.16 Å². The van der Waals surface area contributed by atoms with Crippen LogP contribution < -0.4 is 4.74 Å². The molecule has 0 amide bonds. The van der Waals surface area contributed by atoms with Gasteiger partial charge in [0.25, 0.3) is 0 Å². The highest BCUT2D eigenvalue weighted by molar-refractivity contribution is 5.82. The zero-order valence-corrected chi connectivity index (χ0v) is 15.6. The van der Waals surface area contributed by atoms with E-state index in [-0.39, 0.29) is 13.0 Å². The van der Waals surface area contributed by atoms with Gasteiger partial charge in [0.2, 0.25) is 0 Å². The molecule has 1 N–H and O–H groups in total. The topological polar surface area (TPSA) is 77.3 Å². The van der Waals surface area contributed by atoms with Gasteiger partial charge < -0.3 is 19.4 Å². The number of aliphatic carboxylic acids is 1. The summed E-state index contributed by atoms with van der Waals surface area (Å²) in [5, 5.41) is 13.2. The molecular formula is C21H25NO5. The SMILES string of the molecule is CCOC(Cc1cccc(OCC(C)=NOCc2ccccc2)c1)C(=O)O. The van der Waals surface area contributed by atoms with Crippen molar-refractivity contribution in [3.8, 4) is 5.75 Å². The maximum absolute atomic E-state index is 11.2. The fraction of sp³-hybridized carbons (Fsp3) is 0.333. The van der Waals surface area contributed by atoms with Crippen LogP contribution in [0.15, 0.2) is 59.8 Å². The fourth-order valence-electron chi connectivity index (χ4n) is 2.40. The maximum Gasteiger partial charge on any atom is 0.333 e. The molecule has 1 unspecified atom stereocenters. The largest absolute Gasteiger partial charge is 0.488 e. The summed E-state index contributed by atoms with van der Waals surface area (Å²) in [6.45, 7) is 4.64. The predicted octanol–water partition coefficient (Wildman–Crippen LogP) is 3.69. The fourth-order valence-corrected chi connectivity index (χ4v) is 2.40. The van der Waals surface area contributed by atoms with Gasteiger partial charge in [0.15, 0.2) is 6.10 Å². The van der Waals surface area contributed by atoms with Crippen LogP contribution in [0.2, 0.25) is 0 Å². The second kappa shape index (κ2) is 11.0. The van der Waals surface area contributed by atoms with E-state index < -0.39 is 12.1 Å². The van der Waals surface area contributed by atoms with Crippen LogP contribution in [0.3, 0.4) is 0 Å². The minimum atomic E-state index is -0.971. The minimum absolute atomic E-state index is 0.284. The van der Waals surface area contributed by atoms with Crippen LogP contribution in [0.4, 0.5) is 0 Å². The van der Waals surface area contributed by atoms with Gasteiger partial charge in [0.05, 0.1) is 5.71 Å². The van der Waals surface area contributed by atoms with E-state index in [9.17, 15) is 9.90 Å². The van der Waals surface area contributed by atoms with Gasteiger partial charge in [0.1, 0.15) is 19.0 Å². The van der Waals surface area contributed by atoms with Gasteiger partial charge in [-0.3, -0.25) is 0 Å². The van der Waals surface area contributed by atoms with Crippen molar-refractivity contribution >= 4 is 11.7 Å². The number of benzene rings is 2. The Hall–Kier alpha value is -2.86. The molecule has 0 saturated heterocycles. The lowest BCUT2D eigenvalue weighted by Gasteiger charge is -2.13. The Morgan fingerprint density at radius 3 is 2.56 bits per heavy atom. The number of carboxylic acid groups (broad SMARTS) is 1. The first kappa shape index (κ1) is 20.5. The van der Waals surface area contributed by atoms with Gasteiger partial charge >= 0.3 is 5.97 Å². The van der Waals surface area contributed by atoms with E-state index in [0.717, 1.165) is 11.1 Å². The predicted molar refractivity (Wildman–Crippen MR) is 103 cm³/mol. The lowest BCUT2D eigenvalue weighted by molar-refractivity contribution is -0.149. The van der Waals surface area contributed by atoms with E-state index in [1.165, 1.54) is 0 Å².